The fourth-order valence-electron chi connectivity index (χ4n) is 9.75. The molecule has 6 aromatic rings. The van der Waals surface area contributed by atoms with E-state index in [0.29, 0.717) is 40.0 Å². The molecule has 2 saturated heterocycles. The minimum absolute atomic E-state index is 0.0169. The van der Waals surface area contributed by atoms with E-state index in [2.05, 4.69) is 30.6 Å². The topological polar surface area (TPSA) is 198 Å². The molecule has 0 aliphatic carbocycles. The molecule has 1 unspecified atom stereocenters. The van der Waals surface area contributed by atoms with Crippen LogP contribution in [-0.4, -0.2) is 117 Å². The number of ether oxygens (including phenoxy) is 4. The van der Waals surface area contributed by atoms with Crippen LogP contribution in [0, 0.1) is 17.7 Å². The fourth-order valence-corrected chi connectivity index (χ4v) is 9.75. The molecule has 9 rings (SSSR count). The van der Waals surface area contributed by atoms with Gasteiger partial charge in [0, 0.05) is 34.9 Å². The molecule has 7 atom stereocenters. The van der Waals surface area contributed by atoms with E-state index in [4.69, 9.17) is 18.9 Å². The van der Waals surface area contributed by atoms with Crippen molar-refractivity contribution in [2.75, 3.05) is 34.4 Å². The first kappa shape index (κ1) is 47.6. The van der Waals surface area contributed by atoms with Gasteiger partial charge in [0.1, 0.15) is 53.4 Å². The number of hydrogen-bond acceptors (Lipinski definition) is 10. The SMILES string of the molecule is COC(=O)N[C@H](C(=O)N1C[C@H](F)C[C@H]1c1ncc(-c2cc(F)c3c(c2)OC(c2cccc(OC)c2)n2c-3cc3cc(-c4cnc([C@@H]5C[C@@H](F)CN5C(=O)[C@@H](NC(=O)OC)C(C)C)[nH]4)ccc32)[nH]1)C(C)C. The molecule has 3 aliphatic heterocycles. The van der Waals surface area contributed by atoms with Gasteiger partial charge in [-0.1, -0.05) is 45.9 Å². The number of carbonyl (C=O) groups is 4. The van der Waals surface area contributed by atoms with Crippen LogP contribution in [0.1, 0.15) is 76.1 Å². The van der Waals surface area contributed by atoms with Gasteiger partial charge < -0.3 is 53.9 Å². The maximum Gasteiger partial charge on any atom is 0.407 e. The van der Waals surface area contributed by atoms with E-state index in [-0.39, 0.29) is 49.1 Å². The van der Waals surface area contributed by atoms with Crippen LogP contribution in [0.3, 0.4) is 0 Å². The smallest absolute Gasteiger partial charge is 0.407 e. The van der Waals surface area contributed by atoms with Gasteiger partial charge in [-0.2, -0.15) is 0 Å². The number of halogens is 3. The highest BCUT2D eigenvalue weighted by atomic mass is 19.1. The molecule has 368 valence electrons. The third-order valence-electron chi connectivity index (χ3n) is 13.3. The number of benzene rings is 3. The Balaban J connectivity index is 1.05. The Labute approximate surface area is 401 Å². The summed E-state index contributed by atoms with van der Waals surface area (Å²) >= 11 is 0. The molecular formula is C50H54F3N9O8. The zero-order valence-electron chi connectivity index (χ0n) is 39.6. The van der Waals surface area contributed by atoms with Gasteiger partial charge in [-0.3, -0.25) is 9.59 Å². The van der Waals surface area contributed by atoms with E-state index in [1.807, 2.05) is 53.1 Å². The van der Waals surface area contributed by atoms with Crippen molar-refractivity contribution in [3.8, 4) is 45.3 Å². The largest absolute Gasteiger partial charge is 0.497 e. The lowest BCUT2D eigenvalue weighted by molar-refractivity contribution is -0.136. The Kier molecular flexibility index (Phi) is 13.0. The van der Waals surface area contributed by atoms with Crippen molar-refractivity contribution in [1.82, 2.24) is 44.9 Å². The predicted molar refractivity (Wildman–Crippen MR) is 251 cm³/mol. The van der Waals surface area contributed by atoms with Crippen molar-refractivity contribution in [2.45, 2.75) is 83.3 Å². The van der Waals surface area contributed by atoms with E-state index < -0.39 is 72.6 Å². The Morgan fingerprint density at radius 2 is 1.31 bits per heavy atom. The number of nitrogens with zero attached hydrogens (tertiary/aromatic N) is 5. The number of rotatable bonds is 12. The number of H-pyrrole nitrogens is 2. The quantitative estimate of drug-likeness (QED) is 0.0929. The van der Waals surface area contributed by atoms with E-state index in [1.54, 1.807) is 47.1 Å². The molecular weight excluding hydrogens is 912 g/mol. The first-order valence-electron chi connectivity index (χ1n) is 23.0. The minimum atomic E-state index is -1.34. The summed E-state index contributed by atoms with van der Waals surface area (Å²) in [5.74, 6) is -0.634. The zero-order chi connectivity index (χ0) is 49.7. The maximum absolute atomic E-state index is 16.9. The van der Waals surface area contributed by atoms with Crippen molar-refractivity contribution in [3.05, 3.63) is 96.1 Å². The molecule has 0 saturated carbocycles. The van der Waals surface area contributed by atoms with Gasteiger partial charge >= 0.3 is 12.2 Å². The molecule has 4 N–H and O–H groups in total. The third-order valence-corrected chi connectivity index (χ3v) is 13.3. The molecule has 2 fully saturated rings. The highest BCUT2D eigenvalue weighted by molar-refractivity contribution is 5.93. The van der Waals surface area contributed by atoms with Crippen LogP contribution in [0.25, 0.3) is 44.7 Å². The Morgan fingerprint density at radius 1 is 0.743 bits per heavy atom. The van der Waals surface area contributed by atoms with Gasteiger partial charge in [0.05, 0.1) is 87.1 Å². The highest BCUT2D eigenvalue weighted by Crippen LogP contribution is 2.48. The molecule has 70 heavy (non-hydrogen) atoms. The number of amides is 4. The van der Waals surface area contributed by atoms with Crippen molar-refractivity contribution in [2.24, 2.45) is 11.8 Å². The minimum Gasteiger partial charge on any atom is -0.497 e. The number of carbonyl (C=O) groups excluding carboxylic acids is 4. The number of alkyl carbamates (subject to hydrolysis) is 2. The van der Waals surface area contributed by atoms with E-state index in [1.165, 1.54) is 36.3 Å². The lowest BCUT2D eigenvalue weighted by atomic mass is 10.0. The van der Waals surface area contributed by atoms with E-state index in [9.17, 15) is 19.2 Å². The first-order valence-corrected chi connectivity index (χ1v) is 23.0. The summed E-state index contributed by atoms with van der Waals surface area (Å²) in [5.41, 5.74) is 4.31. The molecule has 20 heteroatoms. The number of methoxy groups -OCH3 is 3. The molecule has 17 nitrogen and oxygen atoms in total. The zero-order valence-corrected chi connectivity index (χ0v) is 39.6. The van der Waals surface area contributed by atoms with Crippen LogP contribution in [0.4, 0.5) is 22.8 Å². The summed E-state index contributed by atoms with van der Waals surface area (Å²) in [4.78, 5) is 70.2. The van der Waals surface area contributed by atoms with E-state index >= 15 is 13.2 Å². The van der Waals surface area contributed by atoms with Crippen LogP contribution in [0.5, 0.6) is 11.5 Å². The van der Waals surface area contributed by atoms with Gasteiger partial charge in [0.25, 0.3) is 0 Å². The van der Waals surface area contributed by atoms with Gasteiger partial charge in [-0.05, 0) is 54.3 Å². The highest BCUT2D eigenvalue weighted by Gasteiger charge is 2.43. The fraction of sp³-hybridized carbons (Fsp3) is 0.400. The number of hydrogen-bond donors (Lipinski definition) is 4. The second-order valence-corrected chi connectivity index (χ2v) is 18.5. The van der Waals surface area contributed by atoms with Crippen LogP contribution >= 0.6 is 0 Å². The molecule has 0 spiro atoms. The van der Waals surface area contributed by atoms with Gasteiger partial charge in [-0.15, -0.1) is 0 Å². The second-order valence-electron chi connectivity index (χ2n) is 18.5. The van der Waals surface area contributed by atoms with Crippen molar-refractivity contribution < 1.29 is 51.3 Å². The molecule has 4 amide bonds. The standard InChI is InChI=1S/C50H54F3N9O8/c1-24(2)42(58-49(65)68-6)46(63)60-22-30(51)18-38(60)44-54-20-34(56-44)26-11-12-36-29(13-26)16-37-41-33(53)15-28(17-40(41)70-48(62(36)37)27-9-8-10-32(14-27)67-5)35-21-55-45(57-35)39-19-31(52)23-61(39)47(64)43(25(3)4)59-50(66)69-7/h8-17,20-21,24-25,30-31,38-39,42-43,48H,18-19,22-23H2,1-7H3,(H,54,56)(H,55,57)(H,58,65)(H,59,66)/t30-,31-,38+,39+,42+,43+,48?/m1/s1. The molecule has 3 aromatic heterocycles. The van der Waals surface area contributed by atoms with Crippen LogP contribution in [0.15, 0.2) is 73.1 Å². The average Bonchev–Trinajstić information content (AvgIpc) is 4.21. The van der Waals surface area contributed by atoms with E-state index in [0.717, 1.165) is 22.0 Å². The molecule has 0 radical (unpaired) electrons. The van der Waals surface area contributed by atoms with Crippen molar-refractivity contribution >= 4 is 34.9 Å². The Hall–Kier alpha value is -7.51. The van der Waals surface area contributed by atoms with Gasteiger partial charge in [0.2, 0.25) is 18.0 Å². The predicted octanol–water partition coefficient (Wildman–Crippen LogP) is 8.16. The van der Waals surface area contributed by atoms with Gasteiger partial charge in [-0.25, -0.2) is 32.7 Å². The summed E-state index contributed by atoms with van der Waals surface area (Å²) < 4.78 is 70.8. The summed E-state index contributed by atoms with van der Waals surface area (Å²) in [6.07, 6.45) is -1.88. The second kappa shape index (κ2) is 19.1. The van der Waals surface area contributed by atoms with Crippen molar-refractivity contribution in [3.63, 3.8) is 0 Å². The number of fused-ring (bicyclic) bond motifs is 5. The first-order chi connectivity index (χ1) is 33.6. The molecule has 3 aliphatic rings. The number of alkyl halides is 2. The lowest BCUT2D eigenvalue weighted by Gasteiger charge is -2.31. The average molecular weight is 966 g/mol. The molecule has 6 heterocycles. The number of nitrogens with one attached hydrogen (secondary N) is 4. The monoisotopic (exact) mass is 965 g/mol. The summed E-state index contributed by atoms with van der Waals surface area (Å²) in [7, 11) is 3.97. The van der Waals surface area contributed by atoms with Crippen LogP contribution in [0.2, 0.25) is 0 Å². The van der Waals surface area contributed by atoms with Crippen molar-refractivity contribution in [1.29, 1.82) is 0 Å². The number of imidazole rings is 2. The number of likely N-dealkylation sites (tertiary alicyclic amines) is 2. The number of aromatic nitrogens is 5. The summed E-state index contributed by atoms with van der Waals surface area (Å²) in [6, 6.07) is 14.6. The number of aromatic amines is 2. The Bertz CT molecular complexity index is 2970. The third kappa shape index (κ3) is 8.85. The molecule has 3 aromatic carbocycles. The van der Waals surface area contributed by atoms with Gasteiger partial charge in [0.15, 0.2) is 0 Å². The maximum atomic E-state index is 16.9. The lowest BCUT2D eigenvalue weighted by Crippen LogP contribution is -2.51. The van der Waals surface area contributed by atoms with Crippen LogP contribution in [-0.2, 0) is 19.1 Å². The Morgan fingerprint density at radius 3 is 1.86 bits per heavy atom. The summed E-state index contributed by atoms with van der Waals surface area (Å²) in [5, 5.41) is 5.89. The van der Waals surface area contributed by atoms with Crippen LogP contribution < -0.4 is 20.1 Å². The summed E-state index contributed by atoms with van der Waals surface area (Å²) in [6.45, 7) is 6.73. The normalized spacial score (nSPS) is 20.5. The molecule has 0 bridgehead atoms.